The van der Waals surface area contributed by atoms with Gasteiger partial charge in [0.05, 0.1) is 17.8 Å². The minimum absolute atomic E-state index is 0.294. The Morgan fingerprint density at radius 3 is 2.21 bits per heavy atom. The van der Waals surface area contributed by atoms with Crippen LogP contribution < -0.4 is 4.31 Å². The van der Waals surface area contributed by atoms with Gasteiger partial charge in [-0.2, -0.15) is 4.89 Å². The van der Waals surface area contributed by atoms with E-state index >= 15 is 0 Å². The highest BCUT2D eigenvalue weighted by Crippen LogP contribution is 2.26. The number of hydrogen-bond donors (Lipinski definition) is 1. The fourth-order valence-corrected chi connectivity index (χ4v) is 3.55. The van der Waals surface area contributed by atoms with Gasteiger partial charge in [0.25, 0.3) is 11.3 Å². The Bertz CT molecular complexity index is 1120. The second kappa shape index (κ2) is 11.0. The third-order valence-corrected chi connectivity index (χ3v) is 5.23. The third kappa shape index (κ3) is 7.39. The highest BCUT2D eigenvalue weighted by molar-refractivity contribution is 7.80. The smallest absolute Gasteiger partial charge is 0.292 e. The molecule has 172 valence electrons. The van der Waals surface area contributed by atoms with E-state index in [1.807, 2.05) is 66.7 Å². The molecule has 3 aromatic carbocycles. The van der Waals surface area contributed by atoms with E-state index in [9.17, 15) is 13.6 Å². The molecule has 0 fully saturated rings. The Balaban J connectivity index is 1.76. The van der Waals surface area contributed by atoms with E-state index in [0.717, 1.165) is 16.7 Å². The van der Waals surface area contributed by atoms with Gasteiger partial charge in [-0.25, -0.2) is 9.00 Å². The molecule has 3 aromatic rings. The van der Waals surface area contributed by atoms with Gasteiger partial charge in [-0.1, -0.05) is 72.8 Å². The molecule has 0 saturated carbocycles. The van der Waals surface area contributed by atoms with Gasteiger partial charge in [-0.3, -0.25) is 13.7 Å². The van der Waals surface area contributed by atoms with Crippen molar-refractivity contribution in [3.63, 3.8) is 0 Å². The summed E-state index contributed by atoms with van der Waals surface area (Å²) in [7, 11) is 0. The quantitative estimate of drug-likeness (QED) is 0.194. The Labute approximate surface area is 196 Å². The molecule has 0 amide bonds. The molecule has 1 unspecified atom stereocenters. The zero-order valence-corrected chi connectivity index (χ0v) is 19.6. The van der Waals surface area contributed by atoms with Crippen LogP contribution in [0.15, 0.2) is 78.9 Å². The van der Waals surface area contributed by atoms with Gasteiger partial charge in [-0.15, -0.1) is 0 Å². The first-order valence-electron chi connectivity index (χ1n) is 10.4. The van der Waals surface area contributed by atoms with Gasteiger partial charge in [0.1, 0.15) is 5.60 Å². The molecule has 0 aliphatic heterocycles. The van der Waals surface area contributed by atoms with Crippen LogP contribution in [-0.2, 0) is 27.6 Å². The molecule has 3 rings (SSSR count). The topological polar surface area (TPSA) is 76.1 Å². The van der Waals surface area contributed by atoms with Gasteiger partial charge < -0.3 is 0 Å². The molecular formula is C26H27NO5S. The second-order valence-electron chi connectivity index (χ2n) is 8.33. The molecule has 0 aromatic heterocycles. The molecule has 0 aliphatic rings. The molecule has 0 bridgehead atoms. The molecule has 0 radical (unpaired) electrons. The van der Waals surface area contributed by atoms with Gasteiger partial charge in [-0.05, 0) is 55.7 Å². The van der Waals surface area contributed by atoms with E-state index in [4.69, 9.17) is 9.78 Å². The summed E-state index contributed by atoms with van der Waals surface area (Å²) in [4.78, 5) is 22.0. The average Bonchev–Trinajstić information content (AvgIpc) is 2.80. The maximum atomic E-state index is 12.1. The van der Waals surface area contributed by atoms with Crippen LogP contribution in [0.1, 0.15) is 47.8 Å². The molecule has 0 saturated heterocycles. The number of benzene rings is 3. The minimum atomic E-state index is -2.19. The van der Waals surface area contributed by atoms with Gasteiger partial charge >= 0.3 is 5.97 Å². The number of anilines is 1. The van der Waals surface area contributed by atoms with Crippen molar-refractivity contribution in [2.45, 2.75) is 32.9 Å². The van der Waals surface area contributed by atoms with E-state index in [-0.39, 0.29) is 0 Å². The lowest BCUT2D eigenvalue weighted by Gasteiger charge is -2.22. The maximum Gasteiger partial charge on any atom is 0.373 e. The van der Waals surface area contributed by atoms with Crippen LogP contribution in [0.3, 0.4) is 0 Å². The van der Waals surface area contributed by atoms with Crippen molar-refractivity contribution < 1.29 is 23.3 Å². The van der Waals surface area contributed by atoms with Crippen molar-refractivity contribution in [1.82, 2.24) is 0 Å². The van der Waals surface area contributed by atoms with Crippen LogP contribution >= 0.6 is 0 Å². The molecule has 0 heterocycles. The Morgan fingerprint density at radius 1 is 0.939 bits per heavy atom. The SMILES string of the molecule is CC(C)(C)OOC(=O)c1ccc(C=Cc2ccccc2N(Cc2ccccc2)S(=O)O)cc1. The summed E-state index contributed by atoms with van der Waals surface area (Å²) in [5.41, 5.74) is 3.00. The average molecular weight is 466 g/mol. The molecule has 6 nitrogen and oxygen atoms in total. The molecule has 0 spiro atoms. The standard InChI is InChI=1S/C26H27NO5S/c1-26(2,3)32-31-25(28)23-17-14-20(15-18-23)13-16-22-11-7-8-12-24(22)27(33(29)30)19-21-9-5-4-6-10-21/h4-18H,19H2,1-3H3,(H,29,30). The maximum absolute atomic E-state index is 12.1. The molecule has 1 N–H and O–H groups in total. The summed E-state index contributed by atoms with van der Waals surface area (Å²) < 4.78 is 23.5. The Hall–Kier alpha value is -3.26. The largest absolute Gasteiger partial charge is 0.373 e. The monoisotopic (exact) mass is 465 g/mol. The molecule has 0 aliphatic carbocycles. The third-order valence-electron chi connectivity index (χ3n) is 4.53. The van der Waals surface area contributed by atoms with Crippen molar-refractivity contribution in [3.05, 3.63) is 101 Å². The number of para-hydroxylation sites is 1. The first-order valence-corrected chi connectivity index (χ1v) is 11.5. The zero-order valence-electron chi connectivity index (χ0n) is 18.8. The van der Waals surface area contributed by atoms with Crippen molar-refractivity contribution in [1.29, 1.82) is 0 Å². The van der Waals surface area contributed by atoms with Crippen molar-refractivity contribution >= 4 is 35.1 Å². The van der Waals surface area contributed by atoms with E-state index < -0.39 is 22.8 Å². The first kappa shape index (κ1) is 24.4. The zero-order chi connectivity index (χ0) is 23.8. The van der Waals surface area contributed by atoms with Crippen molar-refractivity contribution in [2.24, 2.45) is 0 Å². The summed E-state index contributed by atoms with van der Waals surface area (Å²) in [6, 6.07) is 23.8. The predicted octanol–water partition coefficient (Wildman–Crippen LogP) is 5.89. The van der Waals surface area contributed by atoms with Crippen LogP contribution in [0.4, 0.5) is 5.69 Å². The summed E-state index contributed by atoms with van der Waals surface area (Å²) in [6.07, 6.45) is 3.75. The fraction of sp³-hybridized carbons (Fsp3) is 0.192. The number of hydrogen-bond acceptors (Lipinski definition) is 4. The molecule has 1 atom stereocenters. The first-order chi connectivity index (χ1) is 15.7. The second-order valence-corrected chi connectivity index (χ2v) is 9.24. The summed E-state index contributed by atoms with van der Waals surface area (Å²) in [6.45, 7) is 5.67. The number of nitrogens with zero attached hydrogens (tertiary/aromatic N) is 1. The van der Waals surface area contributed by atoms with E-state index in [0.29, 0.717) is 17.8 Å². The number of rotatable bonds is 8. The van der Waals surface area contributed by atoms with Gasteiger partial charge in [0.2, 0.25) is 0 Å². The van der Waals surface area contributed by atoms with Crippen LogP contribution in [0.25, 0.3) is 12.2 Å². The van der Waals surface area contributed by atoms with E-state index in [2.05, 4.69) is 0 Å². The van der Waals surface area contributed by atoms with Gasteiger partial charge in [0.15, 0.2) is 0 Å². The van der Waals surface area contributed by atoms with Crippen LogP contribution in [0.2, 0.25) is 0 Å². The van der Waals surface area contributed by atoms with Crippen LogP contribution in [0, 0.1) is 0 Å². The Morgan fingerprint density at radius 2 is 1.58 bits per heavy atom. The highest BCUT2D eigenvalue weighted by atomic mass is 32.2. The molecule has 7 heteroatoms. The summed E-state index contributed by atoms with van der Waals surface area (Å²) >= 11 is -2.19. The van der Waals surface area contributed by atoms with Crippen LogP contribution in [0.5, 0.6) is 0 Å². The predicted molar refractivity (Wildman–Crippen MR) is 131 cm³/mol. The van der Waals surface area contributed by atoms with Gasteiger partial charge in [0, 0.05) is 0 Å². The lowest BCUT2D eigenvalue weighted by Crippen LogP contribution is -2.25. The van der Waals surface area contributed by atoms with Crippen molar-refractivity contribution in [2.75, 3.05) is 4.31 Å². The Kier molecular flexibility index (Phi) is 8.16. The lowest BCUT2D eigenvalue weighted by atomic mass is 10.1. The van der Waals surface area contributed by atoms with Crippen molar-refractivity contribution in [3.8, 4) is 0 Å². The fourth-order valence-electron chi connectivity index (χ4n) is 2.96. The lowest BCUT2D eigenvalue weighted by molar-refractivity contribution is -0.301. The van der Waals surface area contributed by atoms with Crippen LogP contribution in [-0.4, -0.2) is 20.3 Å². The molecular weight excluding hydrogens is 438 g/mol. The minimum Gasteiger partial charge on any atom is -0.292 e. The summed E-state index contributed by atoms with van der Waals surface area (Å²) in [5, 5.41) is 0. The number of carbonyl (C=O) groups is 1. The summed E-state index contributed by atoms with van der Waals surface area (Å²) in [5.74, 6) is -0.562. The highest BCUT2D eigenvalue weighted by Gasteiger charge is 2.17. The molecule has 33 heavy (non-hydrogen) atoms. The van der Waals surface area contributed by atoms with E-state index in [1.54, 1.807) is 45.0 Å². The normalized spacial score (nSPS) is 12.5. The van der Waals surface area contributed by atoms with E-state index in [1.165, 1.54) is 4.31 Å². The number of carbonyl (C=O) groups excluding carboxylic acids is 1.